The topological polar surface area (TPSA) is 84.1 Å². The zero-order valence-corrected chi connectivity index (χ0v) is 11.9. The number of aryl methyl sites for hydroxylation is 1. The molecule has 2 rings (SSSR count). The highest BCUT2D eigenvalue weighted by molar-refractivity contribution is 5.72. The molecular weight excluding hydrogens is 258 g/mol. The van der Waals surface area contributed by atoms with Crippen LogP contribution in [0.1, 0.15) is 38.4 Å². The molecule has 1 aromatic heterocycles. The number of anilines is 1. The summed E-state index contributed by atoms with van der Waals surface area (Å²) in [6, 6.07) is 1.74. The van der Waals surface area contributed by atoms with Crippen LogP contribution < -0.4 is 10.9 Å². The van der Waals surface area contributed by atoms with Crippen LogP contribution in [0.5, 0.6) is 0 Å². The molecule has 1 aliphatic carbocycles. The van der Waals surface area contributed by atoms with Crippen LogP contribution in [0.2, 0.25) is 0 Å². The number of esters is 1. The molecule has 1 aliphatic rings. The predicted molar refractivity (Wildman–Crippen MR) is 75.6 cm³/mol. The van der Waals surface area contributed by atoms with Gasteiger partial charge in [-0.25, -0.2) is 4.98 Å². The normalized spacial score (nSPS) is 22.3. The van der Waals surface area contributed by atoms with Crippen molar-refractivity contribution in [1.82, 2.24) is 9.97 Å². The molecule has 20 heavy (non-hydrogen) atoms. The predicted octanol–water partition coefficient (Wildman–Crippen LogP) is 1.48. The van der Waals surface area contributed by atoms with E-state index in [1.807, 2.05) is 6.92 Å². The lowest BCUT2D eigenvalue weighted by molar-refractivity contribution is -0.146. The first kappa shape index (κ1) is 14.6. The fourth-order valence-corrected chi connectivity index (χ4v) is 2.60. The Morgan fingerprint density at radius 1 is 1.45 bits per heavy atom. The number of H-pyrrole nitrogens is 1. The number of ether oxygens (including phenoxy) is 1. The molecule has 1 heterocycles. The van der Waals surface area contributed by atoms with Gasteiger partial charge in [0.1, 0.15) is 11.6 Å². The molecule has 1 saturated carbocycles. The van der Waals surface area contributed by atoms with Gasteiger partial charge in [-0.15, -0.1) is 0 Å². The summed E-state index contributed by atoms with van der Waals surface area (Å²) in [6.45, 7) is 1.95. The van der Waals surface area contributed by atoms with E-state index >= 15 is 0 Å². The highest BCUT2D eigenvalue weighted by Crippen LogP contribution is 2.26. The minimum Gasteiger partial charge on any atom is -0.469 e. The average molecular weight is 279 g/mol. The van der Waals surface area contributed by atoms with E-state index in [4.69, 9.17) is 4.74 Å². The first-order valence-corrected chi connectivity index (χ1v) is 7.07. The van der Waals surface area contributed by atoms with Gasteiger partial charge in [-0.1, -0.05) is 6.92 Å². The molecular formula is C14H21N3O3. The lowest BCUT2D eigenvalue weighted by Gasteiger charge is -2.27. The van der Waals surface area contributed by atoms with E-state index in [-0.39, 0.29) is 23.5 Å². The van der Waals surface area contributed by atoms with E-state index in [9.17, 15) is 9.59 Å². The van der Waals surface area contributed by atoms with Gasteiger partial charge in [-0.2, -0.15) is 0 Å². The van der Waals surface area contributed by atoms with Crippen molar-refractivity contribution in [2.24, 2.45) is 5.92 Å². The van der Waals surface area contributed by atoms with Crippen molar-refractivity contribution < 1.29 is 9.53 Å². The van der Waals surface area contributed by atoms with Crippen LogP contribution in [0.15, 0.2) is 10.9 Å². The number of nitrogens with zero attached hydrogens (tertiary/aromatic N) is 1. The van der Waals surface area contributed by atoms with Gasteiger partial charge in [-0.05, 0) is 25.7 Å². The SMILES string of the molecule is CCc1nc(NC2CCC(C(=O)OC)CC2)cc(=O)[nH]1. The molecule has 0 amide bonds. The number of hydrogen-bond acceptors (Lipinski definition) is 5. The van der Waals surface area contributed by atoms with Crippen molar-refractivity contribution in [3.63, 3.8) is 0 Å². The summed E-state index contributed by atoms with van der Waals surface area (Å²) in [7, 11) is 1.43. The van der Waals surface area contributed by atoms with Crippen LogP contribution in [0, 0.1) is 5.92 Å². The van der Waals surface area contributed by atoms with E-state index in [0.717, 1.165) is 25.7 Å². The lowest BCUT2D eigenvalue weighted by atomic mass is 9.86. The van der Waals surface area contributed by atoms with Crippen LogP contribution in [-0.2, 0) is 16.0 Å². The minimum absolute atomic E-state index is 0.0105. The molecule has 0 bridgehead atoms. The number of hydrogen-bond donors (Lipinski definition) is 2. The Hall–Kier alpha value is -1.85. The smallest absolute Gasteiger partial charge is 0.308 e. The van der Waals surface area contributed by atoms with Gasteiger partial charge < -0.3 is 15.0 Å². The van der Waals surface area contributed by atoms with Crippen LogP contribution in [0.25, 0.3) is 0 Å². The van der Waals surface area contributed by atoms with Crippen molar-refractivity contribution in [3.05, 3.63) is 22.2 Å². The van der Waals surface area contributed by atoms with Crippen molar-refractivity contribution in [1.29, 1.82) is 0 Å². The Morgan fingerprint density at radius 3 is 2.75 bits per heavy atom. The zero-order chi connectivity index (χ0) is 14.5. The molecule has 2 N–H and O–H groups in total. The first-order valence-electron chi connectivity index (χ1n) is 7.07. The standard InChI is InChI=1S/C14H21N3O3/c1-3-11-16-12(8-13(18)17-11)15-10-6-4-9(5-7-10)14(19)20-2/h8-10H,3-7H2,1-2H3,(H2,15,16,17,18). The van der Waals surface area contributed by atoms with Gasteiger partial charge >= 0.3 is 5.97 Å². The molecule has 0 radical (unpaired) electrons. The third kappa shape index (κ3) is 3.59. The quantitative estimate of drug-likeness (QED) is 0.815. The highest BCUT2D eigenvalue weighted by Gasteiger charge is 2.26. The molecule has 0 aromatic carbocycles. The molecule has 1 aromatic rings. The summed E-state index contributed by atoms with van der Waals surface area (Å²) in [5.41, 5.74) is -0.136. The summed E-state index contributed by atoms with van der Waals surface area (Å²) in [6.07, 6.45) is 4.09. The molecule has 6 heteroatoms. The van der Waals surface area contributed by atoms with Crippen LogP contribution in [0.3, 0.4) is 0 Å². The molecule has 0 spiro atoms. The van der Waals surface area contributed by atoms with Gasteiger partial charge in [0.25, 0.3) is 5.56 Å². The molecule has 0 aliphatic heterocycles. The van der Waals surface area contributed by atoms with Gasteiger partial charge in [0.2, 0.25) is 0 Å². The number of carbonyl (C=O) groups excluding carboxylic acids is 1. The Bertz CT molecular complexity index is 519. The van der Waals surface area contributed by atoms with Gasteiger partial charge in [-0.3, -0.25) is 9.59 Å². The van der Waals surface area contributed by atoms with E-state index in [2.05, 4.69) is 15.3 Å². The van der Waals surface area contributed by atoms with Gasteiger partial charge in [0, 0.05) is 18.5 Å². The number of carbonyl (C=O) groups is 1. The zero-order valence-electron chi connectivity index (χ0n) is 11.9. The van der Waals surface area contributed by atoms with Crippen LogP contribution in [0.4, 0.5) is 5.82 Å². The summed E-state index contributed by atoms with van der Waals surface area (Å²) in [4.78, 5) is 30.0. The second-order valence-electron chi connectivity index (χ2n) is 5.15. The third-order valence-electron chi connectivity index (χ3n) is 3.74. The summed E-state index contributed by atoms with van der Waals surface area (Å²) in [5.74, 6) is 1.19. The molecule has 6 nitrogen and oxygen atoms in total. The van der Waals surface area contributed by atoms with Gasteiger partial charge in [0.05, 0.1) is 13.0 Å². The summed E-state index contributed by atoms with van der Waals surface area (Å²) >= 11 is 0. The minimum atomic E-state index is -0.136. The van der Waals surface area contributed by atoms with Gasteiger partial charge in [0.15, 0.2) is 0 Å². The molecule has 0 unspecified atom stereocenters. The number of aromatic nitrogens is 2. The molecule has 0 atom stereocenters. The average Bonchev–Trinajstić information content (AvgIpc) is 2.46. The number of methoxy groups -OCH3 is 1. The molecule has 1 fully saturated rings. The second-order valence-corrected chi connectivity index (χ2v) is 5.15. The first-order chi connectivity index (χ1) is 9.62. The van der Waals surface area contributed by atoms with Crippen molar-refractivity contribution >= 4 is 11.8 Å². The fourth-order valence-electron chi connectivity index (χ4n) is 2.60. The van der Waals surface area contributed by atoms with Crippen molar-refractivity contribution in [3.8, 4) is 0 Å². The number of aromatic amines is 1. The third-order valence-corrected chi connectivity index (χ3v) is 3.74. The Morgan fingerprint density at radius 2 is 2.15 bits per heavy atom. The number of rotatable bonds is 4. The van der Waals surface area contributed by atoms with Crippen LogP contribution >= 0.6 is 0 Å². The Balaban J connectivity index is 1.94. The maximum absolute atomic E-state index is 11.5. The van der Waals surface area contributed by atoms with E-state index < -0.39 is 0 Å². The fraction of sp³-hybridized carbons (Fsp3) is 0.643. The lowest BCUT2D eigenvalue weighted by Crippen LogP contribution is -2.30. The van der Waals surface area contributed by atoms with Crippen LogP contribution in [-0.4, -0.2) is 29.1 Å². The Labute approximate surface area is 118 Å². The largest absolute Gasteiger partial charge is 0.469 e. The van der Waals surface area contributed by atoms with Crippen molar-refractivity contribution in [2.75, 3.05) is 12.4 Å². The van der Waals surface area contributed by atoms with Crippen molar-refractivity contribution in [2.45, 2.75) is 45.1 Å². The highest BCUT2D eigenvalue weighted by atomic mass is 16.5. The van der Waals surface area contributed by atoms with E-state index in [1.54, 1.807) is 0 Å². The van der Waals surface area contributed by atoms with E-state index in [1.165, 1.54) is 13.2 Å². The maximum Gasteiger partial charge on any atom is 0.308 e. The monoisotopic (exact) mass is 279 g/mol. The number of nitrogens with one attached hydrogen (secondary N) is 2. The molecule has 110 valence electrons. The maximum atomic E-state index is 11.5. The summed E-state index contributed by atoms with van der Waals surface area (Å²) in [5, 5.41) is 3.29. The summed E-state index contributed by atoms with van der Waals surface area (Å²) < 4.78 is 4.77. The van der Waals surface area contributed by atoms with E-state index in [0.29, 0.717) is 18.1 Å². The second kappa shape index (κ2) is 6.54. The Kier molecular flexibility index (Phi) is 4.76. The molecule has 0 saturated heterocycles.